The first-order chi connectivity index (χ1) is 20.7. The van der Waals surface area contributed by atoms with E-state index in [0.29, 0.717) is 51.6 Å². The number of unbranched alkanes of at least 4 members (excludes halogenated alkanes) is 2. The van der Waals surface area contributed by atoms with E-state index in [9.17, 15) is 43.8 Å². The highest BCUT2D eigenvalue weighted by atomic mass is 16.4. The van der Waals surface area contributed by atoms with Gasteiger partial charge in [0.15, 0.2) is 0 Å². The van der Waals surface area contributed by atoms with Gasteiger partial charge in [-0.1, -0.05) is 26.7 Å². The molecule has 0 saturated heterocycles. The molecule has 0 radical (unpaired) electrons. The number of carboxylic acid groups (broad SMARTS) is 2. The number of hydrogen-bond acceptors (Lipinski definition) is 10. The van der Waals surface area contributed by atoms with Gasteiger partial charge in [-0.05, 0) is 57.5 Å². The normalized spacial score (nSPS) is 15.0. The van der Waals surface area contributed by atoms with Gasteiger partial charge in [0, 0.05) is 6.42 Å². The fraction of sp³-hybridized carbons (Fsp3) is 0.741. The summed E-state index contributed by atoms with van der Waals surface area (Å²) >= 11 is 0. The maximum atomic E-state index is 13.3. The van der Waals surface area contributed by atoms with Gasteiger partial charge in [-0.3, -0.25) is 28.8 Å². The van der Waals surface area contributed by atoms with E-state index in [1.54, 1.807) is 13.8 Å². The van der Waals surface area contributed by atoms with Crippen LogP contribution in [0.3, 0.4) is 0 Å². The van der Waals surface area contributed by atoms with E-state index in [-0.39, 0.29) is 19.3 Å². The molecule has 14 N–H and O–H groups in total. The number of nitrogens with two attached hydrogens (primary N) is 4. The molecule has 0 bridgehead atoms. The van der Waals surface area contributed by atoms with Crippen LogP contribution in [0.1, 0.15) is 78.1 Å². The lowest BCUT2D eigenvalue weighted by molar-refractivity contribution is -0.143. The second-order valence-electron chi connectivity index (χ2n) is 10.7. The summed E-state index contributed by atoms with van der Waals surface area (Å²) in [4.78, 5) is 86.8. The Hall–Kier alpha value is -3.83. The number of hydrogen-bond donors (Lipinski definition) is 10. The van der Waals surface area contributed by atoms with Gasteiger partial charge >= 0.3 is 11.9 Å². The van der Waals surface area contributed by atoms with Gasteiger partial charge in [-0.2, -0.15) is 0 Å². The molecule has 17 nitrogen and oxygen atoms in total. The van der Waals surface area contributed by atoms with Crippen LogP contribution in [0.15, 0.2) is 0 Å². The number of aliphatic carboxylic acids is 2. The van der Waals surface area contributed by atoms with Crippen molar-refractivity contribution in [2.75, 3.05) is 13.1 Å². The Bertz CT molecular complexity index is 981. The summed E-state index contributed by atoms with van der Waals surface area (Å²) < 4.78 is 0. The van der Waals surface area contributed by atoms with Crippen LogP contribution in [-0.2, 0) is 33.6 Å². The number of carbonyl (C=O) groups excluding carboxylic acids is 5. The lowest BCUT2D eigenvalue weighted by Crippen LogP contribution is -2.59. The van der Waals surface area contributed by atoms with Crippen molar-refractivity contribution in [3.63, 3.8) is 0 Å². The van der Waals surface area contributed by atoms with Gasteiger partial charge in [0.1, 0.15) is 24.2 Å². The Kier molecular flexibility index (Phi) is 19.9. The highest BCUT2D eigenvalue weighted by Gasteiger charge is 2.34. The molecular weight excluding hydrogens is 580 g/mol. The summed E-state index contributed by atoms with van der Waals surface area (Å²) in [5.74, 6) is -7.51. The van der Waals surface area contributed by atoms with Crippen LogP contribution in [0.4, 0.5) is 0 Å². The zero-order chi connectivity index (χ0) is 33.8. The molecule has 0 saturated carbocycles. The second kappa shape index (κ2) is 21.8. The summed E-state index contributed by atoms with van der Waals surface area (Å²) in [6.45, 7) is 4.22. The van der Waals surface area contributed by atoms with Gasteiger partial charge in [0.2, 0.25) is 29.5 Å². The number of carbonyl (C=O) groups is 7. The molecule has 0 aliphatic rings. The smallest absolute Gasteiger partial charge is 0.326 e. The summed E-state index contributed by atoms with van der Waals surface area (Å²) in [5, 5.41) is 28.3. The van der Waals surface area contributed by atoms with Crippen LogP contribution in [-0.4, -0.2) is 95.0 Å². The van der Waals surface area contributed by atoms with E-state index in [1.807, 2.05) is 0 Å². The highest BCUT2D eigenvalue weighted by Crippen LogP contribution is 2.11. The zero-order valence-corrected chi connectivity index (χ0v) is 25.5. The summed E-state index contributed by atoms with van der Waals surface area (Å²) in [6, 6.07) is -6.59. The third-order valence-corrected chi connectivity index (χ3v) is 6.98. The minimum Gasteiger partial charge on any atom is -0.481 e. The Morgan fingerprint density at radius 2 is 1.20 bits per heavy atom. The molecule has 252 valence electrons. The maximum absolute atomic E-state index is 13.3. The largest absolute Gasteiger partial charge is 0.481 e. The summed E-state index contributed by atoms with van der Waals surface area (Å²) in [6.07, 6.45) is 1.37. The molecule has 5 amide bonds. The van der Waals surface area contributed by atoms with Crippen molar-refractivity contribution in [1.29, 1.82) is 0 Å². The van der Waals surface area contributed by atoms with Gasteiger partial charge in [0.05, 0.1) is 12.5 Å². The molecule has 0 spiro atoms. The van der Waals surface area contributed by atoms with E-state index >= 15 is 0 Å². The molecular formula is C27H50N8O9. The van der Waals surface area contributed by atoms with E-state index in [4.69, 9.17) is 22.9 Å². The van der Waals surface area contributed by atoms with Crippen LogP contribution >= 0.6 is 0 Å². The van der Waals surface area contributed by atoms with Gasteiger partial charge < -0.3 is 54.4 Å². The van der Waals surface area contributed by atoms with Crippen molar-refractivity contribution in [1.82, 2.24) is 21.3 Å². The predicted octanol–water partition coefficient (Wildman–Crippen LogP) is -2.62. The fourth-order valence-electron chi connectivity index (χ4n) is 4.10. The third-order valence-electron chi connectivity index (χ3n) is 6.98. The highest BCUT2D eigenvalue weighted by molar-refractivity contribution is 5.96. The van der Waals surface area contributed by atoms with Crippen molar-refractivity contribution in [2.45, 2.75) is 108 Å². The zero-order valence-electron chi connectivity index (χ0n) is 25.5. The van der Waals surface area contributed by atoms with Crippen molar-refractivity contribution < 1.29 is 43.8 Å². The third kappa shape index (κ3) is 16.1. The first-order valence-corrected chi connectivity index (χ1v) is 14.8. The lowest BCUT2D eigenvalue weighted by Gasteiger charge is -2.28. The van der Waals surface area contributed by atoms with E-state index in [0.717, 1.165) is 0 Å². The number of primary amides is 1. The molecule has 0 fully saturated rings. The van der Waals surface area contributed by atoms with Crippen molar-refractivity contribution in [3.8, 4) is 0 Å². The minimum atomic E-state index is -1.72. The quantitative estimate of drug-likeness (QED) is 0.0490. The Labute approximate surface area is 257 Å². The van der Waals surface area contributed by atoms with Crippen LogP contribution in [0.2, 0.25) is 0 Å². The summed E-state index contributed by atoms with van der Waals surface area (Å²) in [5.41, 5.74) is 22.1. The molecule has 0 aliphatic heterocycles. The SMILES string of the molecule is CC[C@H](C)[C@H](NC(=O)[C@@H](N)CCCCN)C(=O)N[C@@H](CCC(N)=O)C(=O)N[C@@H](CC(=O)O)C(=O)N[C@@H](CCCCN)C(=O)O. The molecule has 0 aromatic rings. The fourth-order valence-corrected chi connectivity index (χ4v) is 4.10. The number of amides is 5. The number of rotatable bonds is 24. The standard InChI is InChI=1S/C27H50N8O9/c1-3-15(2)22(35-23(39)16(30)8-4-6-12-28)26(42)32-17(10-11-20(31)36)24(40)34-19(14-21(37)38)25(41)33-18(27(43)44)9-5-7-13-29/h15-19,22H,3-14,28-30H2,1-2H3,(H2,31,36)(H,32,42)(H,33,41)(H,34,40)(H,35,39)(H,37,38)(H,43,44)/t15-,16-,17-,18-,19-,22-/m0/s1. The first-order valence-electron chi connectivity index (χ1n) is 14.8. The molecule has 6 atom stereocenters. The Morgan fingerprint density at radius 3 is 1.70 bits per heavy atom. The molecule has 0 aromatic heterocycles. The molecule has 0 heterocycles. The van der Waals surface area contributed by atoms with E-state index in [2.05, 4.69) is 21.3 Å². The molecule has 0 unspecified atom stereocenters. The van der Waals surface area contributed by atoms with Gasteiger partial charge in [0.25, 0.3) is 0 Å². The monoisotopic (exact) mass is 630 g/mol. The molecule has 44 heavy (non-hydrogen) atoms. The molecule has 17 heteroatoms. The average Bonchev–Trinajstić information content (AvgIpc) is 2.95. The Balaban J connectivity index is 5.91. The Morgan fingerprint density at radius 1 is 0.682 bits per heavy atom. The molecule has 0 aliphatic carbocycles. The van der Waals surface area contributed by atoms with Gasteiger partial charge in [-0.15, -0.1) is 0 Å². The minimum absolute atomic E-state index is 0.0166. The van der Waals surface area contributed by atoms with Crippen LogP contribution < -0.4 is 44.2 Å². The van der Waals surface area contributed by atoms with Crippen molar-refractivity contribution in [2.24, 2.45) is 28.9 Å². The molecule has 0 rings (SSSR count). The van der Waals surface area contributed by atoms with Crippen LogP contribution in [0, 0.1) is 5.92 Å². The van der Waals surface area contributed by atoms with E-state index in [1.165, 1.54) is 0 Å². The predicted molar refractivity (Wildman–Crippen MR) is 159 cm³/mol. The summed E-state index contributed by atoms with van der Waals surface area (Å²) in [7, 11) is 0. The lowest BCUT2D eigenvalue weighted by atomic mass is 9.96. The average molecular weight is 631 g/mol. The van der Waals surface area contributed by atoms with Gasteiger partial charge in [-0.25, -0.2) is 4.79 Å². The maximum Gasteiger partial charge on any atom is 0.326 e. The number of carboxylic acids is 2. The van der Waals surface area contributed by atoms with Crippen LogP contribution in [0.5, 0.6) is 0 Å². The molecule has 0 aromatic carbocycles. The number of nitrogens with one attached hydrogen (secondary N) is 4. The van der Waals surface area contributed by atoms with Crippen molar-refractivity contribution >= 4 is 41.5 Å². The topological polar surface area (TPSA) is 312 Å². The first kappa shape index (κ1) is 40.2. The second-order valence-corrected chi connectivity index (χ2v) is 10.7. The van der Waals surface area contributed by atoms with Crippen LogP contribution in [0.25, 0.3) is 0 Å². The van der Waals surface area contributed by atoms with E-state index < -0.39 is 84.0 Å². The van der Waals surface area contributed by atoms with Crippen molar-refractivity contribution in [3.05, 3.63) is 0 Å².